The fourth-order valence-corrected chi connectivity index (χ4v) is 1.91. The maximum atomic E-state index is 12.2. The van der Waals surface area contributed by atoms with Crippen molar-refractivity contribution in [1.29, 1.82) is 0 Å². The summed E-state index contributed by atoms with van der Waals surface area (Å²) in [5.41, 5.74) is 7.25. The van der Waals surface area contributed by atoms with E-state index >= 15 is 0 Å². The molecule has 1 heterocycles. The van der Waals surface area contributed by atoms with E-state index in [0.717, 1.165) is 6.42 Å². The number of nitrogens with zero attached hydrogens (tertiary/aromatic N) is 2. The first-order valence-electron chi connectivity index (χ1n) is 6.99. The van der Waals surface area contributed by atoms with Crippen LogP contribution in [0.1, 0.15) is 26.1 Å². The summed E-state index contributed by atoms with van der Waals surface area (Å²) < 4.78 is 5.16. The molecule has 0 aliphatic carbocycles. The normalized spacial score (nSPS) is 13.7. The zero-order valence-corrected chi connectivity index (χ0v) is 12.5. The largest absolute Gasteiger partial charge is 0.334 e. The van der Waals surface area contributed by atoms with E-state index in [-0.39, 0.29) is 11.8 Å². The number of aryl methyl sites for hydroxylation is 1. The summed E-state index contributed by atoms with van der Waals surface area (Å²) in [7, 11) is 0. The average Bonchev–Trinajstić information content (AvgIpc) is 2.92. The Bertz CT molecular complexity index is 624. The summed E-state index contributed by atoms with van der Waals surface area (Å²) in [5, 5.41) is 6.61. The Morgan fingerprint density at radius 2 is 2.14 bits per heavy atom. The molecule has 1 aromatic carbocycles. The van der Waals surface area contributed by atoms with Crippen LogP contribution in [0.3, 0.4) is 0 Å². The van der Waals surface area contributed by atoms with Crippen molar-refractivity contribution in [3.63, 3.8) is 0 Å². The molecule has 0 aliphatic heterocycles. The van der Waals surface area contributed by atoms with Crippen LogP contribution in [-0.2, 0) is 4.79 Å². The number of nitrogens with one attached hydrogen (secondary N) is 1. The molecule has 2 aromatic rings. The number of hydrogen-bond donors (Lipinski definition) is 2. The van der Waals surface area contributed by atoms with Gasteiger partial charge in [-0.15, -0.1) is 0 Å². The quantitative estimate of drug-likeness (QED) is 0.880. The Morgan fingerprint density at radius 1 is 1.43 bits per heavy atom. The zero-order chi connectivity index (χ0) is 15.4. The minimum atomic E-state index is -0.549. The highest BCUT2D eigenvalue weighted by atomic mass is 16.5. The van der Waals surface area contributed by atoms with Crippen LogP contribution in [0.2, 0.25) is 0 Å². The van der Waals surface area contributed by atoms with Crippen molar-refractivity contribution >= 4 is 11.6 Å². The van der Waals surface area contributed by atoms with E-state index in [9.17, 15) is 4.79 Å². The summed E-state index contributed by atoms with van der Waals surface area (Å²) in [6, 6.07) is 6.73. The molecule has 1 aromatic heterocycles. The van der Waals surface area contributed by atoms with E-state index in [1.165, 1.54) is 0 Å². The standard InChI is InChI=1S/C15H20N4O2/c1-4-9(2)13(16)14(20)18-12-8-6-5-7-11(12)15-17-10(3)19-21-15/h5-9,13H,4,16H2,1-3H3,(H,18,20). The third-order valence-electron chi connectivity index (χ3n) is 3.50. The second-order valence-electron chi connectivity index (χ2n) is 5.09. The Labute approximate surface area is 123 Å². The number of nitrogens with two attached hydrogens (primary N) is 1. The van der Waals surface area contributed by atoms with Crippen LogP contribution in [-0.4, -0.2) is 22.1 Å². The molecule has 0 fully saturated rings. The molecule has 112 valence electrons. The van der Waals surface area contributed by atoms with Crippen LogP contribution in [0.15, 0.2) is 28.8 Å². The average molecular weight is 288 g/mol. The van der Waals surface area contributed by atoms with Crippen molar-refractivity contribution in [3.8, 4) is 11.5 Å². The molecule has 0 bridgehead atoms. The van der Waals surface area contributed by atoms with Crippen LogP contribution in [0.5, 0.6) is 0 Å². The fraction of sp³-hybridized carbons (Fsp3) is 0.400. The molecule has 6 nitrogen and oxygen atoms in total. The molecular formula is C15H20N4O2. The Balaban J connectivity index is 2.23. The van der Waals surface area contributed by atoms with E-state index < -0.39 is 6.04 Å². The number of para-hydroxylation sites is 1. The van der Waals surface area contributed by atoms with Gasteiger partial charge in [-0.3, -0.25) is 4.79 Å². The molecular weight excluding hydrogens is 268 g/mol. The van der Waals surface area contributed by atoms with Crippen LogP contribution in [0, 0.1) is 12.8 Å². The maximum Gasteiger partial charge on any atom is 0.260 e. The smallest absolute Gasteiger partial charge is 0.260 e. The van der Waals surface area contributed by atoms with E-state index in [2.05, 4.69) is 15.5 Å². The summed E-state index contributed by atoms with van der Waals surface area (Å²) in [6.45, 7) is 5.71. The summed E-state index contributed by atoms with van der Waals surface area (Å²) in [4.78, 5) is 16.4. The van der Waals surface area contributed by atoms with Crippen molar-refractivity contribution in [2.45, 2.75) is 33.2 Å². The van der Waals surface area contributed by atoms with Gasteiger partial charge < -0.3 is 15.6 Å². The lowest BCUT2D eigenvalue weighted by Crippen LogP contribution is -2.40. The first-order valence-corrected chi connectivity index (χ1v) is 6.99. The number of carbonyl (C=O) groups excluding carboxylic acids is 1. The SMILES string of the molecule is CCC(C)C(N)C(=O)Nc1ccccc1-c1nc(C)no1. The van der Waals surface area contributed by atoms with E-state index in [0.29, 0.717) is 23.0 Å². The van der Waals surface area contributed by atoms with Crippen molar-refractivity contribution < 1.29 is 9.32 Å². The number of amides is 1. The summed E-state index contributed by atoms with van der Waals surface area (Å²) >= 11 is 0. The third kappa shape index (κ3) is 3.46. The number of hydrogen-bond acceptors (Lipinski definition) is 5. The molecule has 3 N–H and O–H groups in total. The predicted octanol–water partition coefficient (Wildman–Crippen LogP) is 2.36. The maximum absolute atomic E-state index is 12.2. The molecule has 2 rings (SSSR count). The van der Waals surface area contributed by atoms with Gasteiger partial charge in [-0.1, -0.05) is 37.6 Å². The molecule has 2 atom stereocenters. The van der Waals surface area contributed by atoms with Gasteiger partial charge in [-0.05, 0) is 25.0 Å². The zero-order valence-electron chi connectivity index (χ0n) is 12.5. The summed E-state index contributed by atoms with van der Waals surface area (Å²) in [6.07, 6.45) is 0.846. The molecule has 0 aliphatic rings. The molecule has 0 spiro atoms. The molecule has 1 amide bonds. The number of benzene rings is 1. The highest BCUT2D eigenvalue weighted by Gasteiger charge is 2.21. The van der Waals surface area contributed by atoms with Crippen molar-refractivity contribution in [1.82, 2.24) is 10.1 Å². The van der Waals surface area contributed by atoms with Crippen LogP contribution < -0.4 is 11.1 Å². The molecule has 6 heteroatoms. The van der Waals surface area contributed by atoms with Crippen LogP contribution >= 0.6 is 0 Å². The van der Waals surface area contributed by atoms with Crippen molar-refractivity contribution in [2.24, 2.45) is 11.7 Å². The van der Waals surface area contributed by atoms with Gasteiger partial charge in [0, 0.05) is 0 Å². The van der Waals surface area contributed by atoms with Crippen LogP contribution in [0.4, 0.5) is 5.69 Å². The predicted molar refractivity (Wildman–Crippen MR) is 80.5 cm³/mol. The highest BCUT2D eigenvalue weighted by molar-refractivity contribution is 5.97. The molecule has 0 saturated carbocycles. The van der Waals surface area contributed by atoms with E-state index in [1.54, 1.807) is 13.0 Å². The van der Waals surface area contributed by atoms with Gasteiger partial charge in [0.15, 0.2) is 5.82 Å². The highest BCUT2D eigenvalue weighted by Crippen LogP contribution is 2.26. The molecule has 21 heavy (non-hydrogen) atoms. The van der Waals surface area contributed by atoms with Gasteiger partial charge in [-0.2, -0.15) is 4.98 Å². The minimum absolute atomic E-state index is 0.114. The number of rotatable bonds is 5. The first kappa shape index (κ1) is 15.2. The summed E-state index contributed by atoms with van der Waals surface area (Å²) in [5.74, 6) is 0.818. The monoisotopic (exact) mass is 288 g/mol. The third-order valence-corrected chi connectivity index (χ3v) is 3.50. The lowest BCUT2D eigenvalue weighted by atomic mass is 9.99. The van der Waals surface area contributed by atoms with Gasteiger partial charge >= 0.3 is 0 Å². The Morgan fingerprint density at radius 3 is 2.76 bits per heavy atom. The van der Waals surface area contributed by atoms with Crippen molar-refractivity contribution in [3.05, 3.63) is 30.1 Å². The minimum Gasteiger partial charge on any atom is -0.334 e. The van der Waals surface area contributed by atoms with Gasteiger partial charge in [-0.25, -0.2) is 0 Å². The Hall–Kier alpha value is -2.21. The van der Waals surface area contributed by atoms with Gasteiger partial charge in [0.2, 0.25) is 5.91 Å². The molecule has 0 saturated heterocycles. The number of aromatic nitrogens is 2. The topological polar surface area (TPSA) is 94.0 Å². The second-order valence-corrected chi connectivity index (χ2v) is 5.09. The second kappa shape index (κ2) is 6.49. The van der Waals surface area contributed by atoms with Crippen molar-refractivity contribution in [2.75, 3.05) is 5.32 Å². The first-order chi connectivity index (χ1) is 10.0. The Kier molecular flexibility index (Phi) is 4.70. The lowest BCUT2D eigenvalue weighted by molar-refractivity contribution is -0.118. The molecule has 2 unspecified atom stereocenters. The molecule has 0 radical (unpaired) electrons. The van der Waals surface area contributed by atoms with Gasteiger partial charge in [0.1, 0.15) is 0 Å². The van der Waals surface area contributed by atoms with Gasteiger partial charge in [0.05, 0.1) is 17.3 Å². The number of anilines is 1. The van der Waals surface area contributed by atoms with E-state index in [4.69, 9.17) is 10.3 Å². The fourth-order valence-electron chi connectivity index (χ4n) is 1.91. The van der Waals surface area contributed by atoms with E-state index in [1.807, 2.05) is 32.0 Å². The van der Waals surface area contributed by atoms with Crippen LogP contribution in [0.25, 0.3) is 11.5 Å². The number of carbonyl (C=O) groups is 1. The lowest BCUT2D eigenvalue weighted by Gasteiger charge is -2.18. The van der Waals surface area contributed by atoms with Gasteiger partial charge in [0.25, 0.3) is 5.89 Å².